The molecule has 1 atom stereocenters. The maximum absolute atomic E-state index is 5.73. The average molecular weight is 354 g/mol. The van der Waals surface area contributed by atoms with Crippen LogP contribution in [0.25, 0.3) is 0 Å². The number of guanidine groups is 1. The molecule has 0 radical (unpaired) electrons. The maximum atomic E-state index is 5.73. The van der Waals surface area contributed by atoms with Gasteiger partial charge in [-0.3, -0.25) is 4.99 Å². The van der Waals surface area contributed by atoms with Crippen LogP contribution < -0.4 is 5.73 Å². The van der Waals surface area contributed by atoms with Gasteiger partial charge in [0.25, 0.3) is 0 Å². The Kier molecular flexibility index (Phi) is 8.94. The molecule has 1 heterocycles. The molecule has 1 saturated heterocycles. The van der Waals surface area contributed by atoms with Crippen molar-refractivity contribution < 1.29 is 0 Å². The summed E-state index contributed by atoms with van der Waals surface area (Å²) in [5.74, 6) is 0.631. The highest BCUT2D eigenvalue weighted by molar-refractivity contribution is 14.0. The Bertz CT molecular complexity index is 231. The predicted octanol–water partition coefficient (Wildman–Crippen LogP) is 1.75. The van der Waals surface area contributed by atoms with Gasteiger partial charge in [0, 0.05) is 33.2 Å². The molecule has 5 heteroatoms. The number of likely N-dealkylation sites (tertiary alicyclic amines) is 1. The molecule has 102 valence electrons. The van der Waals surface area contributed by atoms with E-state index in [1.54, 1.807) is 0 Å². The summed E-state index contributed by atoms with van der Waals surface area (Å²) in [5.41, 5.74) is 5.73. The third-order valence-electron chi connectivity index (χ3n) is 3.28. The third-order valence-corrected chi connectivity index (χ3v) is 3.28. The van der Waals surface area contributed by atoms with Crippen LogP contribution in [0.5, 0.6) is 0 Å². The van der Waals surface area contributed by atoms with Crippen molar-refractivity contribution in [2.45, 2.75) is 38.6 Å². The van der Waals surface area contributed by atoms with E-state index in [9.17, 15) is 0 Å². The standard InChI is InChI=1S/C12H26N4.HI/c1-11-7-4-5-9-16(11)10-6-8-14-12(13)15(2)3;/h11H,4-10H2,1-3H3,(H2,13,14);1H. The molecule has 0 aromatic carbocycles. The fraction of sp³-hybridized carbons (Fsp3) is 0.917. The Balaban J connectivity index is 0.00000256. The minimum atomic E-state index is 0. The fourth-order valence-corrected chi connectivity index (χ4v) is 2.10. The molecule has 0 saturated carbocycles. The van der Waals surface area contributed by atoms with Crippen LogP contribution in [0.15, 0.2) is 4.99 Å². The van der Waals surface area contributed by atoms with E-state index in [1.165, 1.54) is 25.8 Å². The molecule has 1 aliphatic rings. The number of nitrogens with two attached hydrogens (primary N) is 1. The minimum absolute atomic E-state index is 0. The Hall–Kier alpha value is -0.0400. The topological polar surface area (TPSA) is 44.9 Å². The molecule has 1 fully saturated rings. The molecule has 0 spiro atoms. The van der Waals surface area contributed by atoms with Crippen molar-refractivity contribution in [2.75, 3.05) is 33.7 Å². The molecule has 2 N–H and O–H groups in total. The van der Waals surface area contributed by atoms with Gasteiger partial charge in [-0.15, -0.1) is 24.0 Å². The molecule has 0 aliphatic carbocycles. The Labute approximate surface area is 123 Å². The van der Waals surface area contributed by atoms with Crippen molar-refractivity contribution in [3.63, 3.8) is 0 Å². The van der Waals surface area contributed by atoms with E-state index >= 15 is 0 Å². The van der Waals surface area contributed by atoms with E-state index < -0.39 is 0 Å². The largest absolute Gasteiger partial charge is 0.370 e. The molecule has 1 unspecified atom stereocenters. The second-order valence-corrected chi connectivity index (χ2v) is 4.87. The van der Waals surface area contributed by atoms with Crippen LogP contribution in [0.4, 0.5) is 0 Å². The van der Waals surface area contributed by atoms with Gasteiger partial charge < -0.3 is 15.5 Å². The predicted molar refractivity (Wildman–Crippen MR) is 85.1 cm³/mol. The number of halogens is 1. The molecule has 1 aliphatic heterocycles. The summed E-state index contributed by atoms with van der Waals surface area (Å²) < 4.78 is 0. The van der Waals surface area contributed by atoms with E-state index in [-0.39, 0.29) is 24.0 Å². The van der Waals surface area contributed by atoms with Gasteiger partial charge in [0.05, 0.1) is 0 Å². The zero-order valence-electron chi connectivity index (χ0n) is 11.4. The monoisotopic (exact) mass is 354 g/mol. The molecule has 1 rings (SSSR count). The summed E-state index contributed by atoms with van der Waals surface area (Å²) >= 11 is 0. The van der Waals surface area contributed by atoms with Crippen molar-refractivity contribution in [3.05, 3.63) is 0 Å². The van der Waals surface area contributed by atoms with Gasteiger partial charge in [-0.05, 0) is 32.7 Å². The van der Waals surface area contributed by atoms with E-state index in [4.69, 9.17) is 5.73 Å². The highest BCUT2D eigenvalue weighted by atomic mass is 127. The zero-order chi connectivity index (χ0) is 12.0. The number of hydrogen-bond donors (Lipinski definition) is 1. The van der Waals surface area contributed by atoms with Gasteiger partial charge in [0.15, 0.2) is 5.96 Å². The highest BCUT2D eigenvalue weighted by Gasteiger charge is 2.16. The Morgan fingerprint density at radius 2 is 2.12 bits per heavy atom. The van der Waals surface area contributed by atoms with Gasteiger partial charge in [-0.25, -0.2) is 0 Å². The first-order chi connectivity index (χ1) is 7.61. The van der Waals surface area contributed by atoms with Gasteiger partial charge >= 0.3 is 0 Å². The highest BCUT2D eigenvalue weighted by Crippen LogP contribution is 2.16. The van der Waals surface area contributed by atoms with Crippen molar-refractivity contribution in [1.29, 1.82) is 0 Å². The van der Waals surface area contributed by atoms with Crippen LogP contribution in [-0.2, 0) is 0 Å². The van der Waals surface area contributed by atoms with Gasteiger partial charge in [0.1, 0.15) is 0 Å². The summed E-state index contributed by atoms with van der Waals surface area (Å²) in [5, 5.41) is 0. The quantitative estimate of drug-likeness (QED) is 0.362. The number of rotatable bonds is 4. The SMILES string of the molecule is CC1CCCCN1CCCN=C(N)N(C)C.I. The van der Waals surface area contributed by atoms with E-state index in [0.717, 1.165) is 25.6 Å². The van der Waals surface area contributed by atoms with Gasteiger partial charge in [-0.2, -0.15) is 0 Å². The first-order valence-electron chi connectivity index (χ1n) is 6.32. The van der Waals surface area contributed by atoms with Crippen molar-refractivity contribution >= 4 is 29.9 Å². The van der Waals surface area contributed by atoms with Crippen LogP contribution in [0, 0.1) is 0 Å². The Morgan fingerprint density at radius 3 is 2.71 bits per heavy atom. The Morgan fingerprint density at radius 1 is 1.41 bits per heavy atom. The molecule has 17 heavy (non-hydrogen) atoms. The molecular weight excluding hydrogens is 327 g/mol. The number of nitrogens with zero attached hydrogens (tertiary/aromatic N) is 3. The number of aliphatic imine (C=N–C) groups is 1. The summed E-state index contributed by atoms with van der Waals surface area (Å²) in [6.07, 6.45) is 5.21. The lowest BCUT2D eigenvalue weighted by atomic mass is 10.0. The smallest absolute Gasteiger partial charge is 0.190 e. The normalized spacial score (nSPS) is 22.1. The lowest BCUT2D eigenvalue weighted by molar-refractivity contribution is 0.160. The minimum Gasteiger partial charge on any atom is -0.370 e. The molecule has 4 nitrogen and oxygen atoms in total. The van der Waals surface area contributed by atoms with Crippen LogP contribution >= 0.6 is 24.0 Å². The summed E-state index contributed by atoms with van der Waals surface area (Å²) in [6, 6.07) is 0.754. The second-order valence-electron chi connectivity index (χ2n) is 4.87. The lowest BCUT2D eigenvalue weighted by Gasteiger charge is -2.33. The first-order valence-corrected chi connectivity index (χ1v) is 6.32. The van der Waals surface area contributed by atoms with Crippen molar-refractivity contribution in [1.82, 2.24) is 9.80 Å². The summed E-state index contributed by atoms with van der Waals surface area (Å²) in [7, 11) is 3.84. The fourth-order valence-electron chi connectivity index (χ4n) is 2.10. The van der Waals surface area contributed by atoms with Crippen molar-refractivity contribution in [2.24, 2.45) is 10.7 Å². The lowest BCUT2D eigenvalue weighted by Crippen LogP contribution is -2.38. The van der Waals surface area contributed by atoms with E-state index in [2.05, 4.69) is 16.8 Å². The molecule has 0 aromatic heterocycles. The van der Waals surface area contributed by atoms with Crippen LogP contribution in [-0.4, -0.2) is 55.5 Å². The first kappa shape index (κ1) is 17.0. The summed E-state index contributed by atoms with van der Waals surface area (Å²) in [6.45, 7) is 5.59. The van der Waals surface area contributed by atoms with E-state index in [0.29, 0.717) is 5.96 Å². The van der Waals surface area contributed by atoms with Crippen molar-refractivity contribution in [3.8, 4) is 0 Å². The van der Waals surface area contributed by atoms with Crippen LogP contribution in [0.1, 0.15) is 32.6 Å². The second kappa shape index (κ2) is 8.97. The molecule has 0 amide bonds. The average Bonchev–Trinajstić information content (AvgIpc) is 2.26. The van der Waals surface area contributed by atoms with E-state index in [1.807, 2.05) is 19.0 Å². The molecule has 0 bridgehead atoms. The molecular formula is C12H27IN4. The maximum Gasteiger partial charge on any atom is 0.190 e. The molecule has 0 aromatic rings. The summed E-state index contributed by atoms with van der Waals surface area (Å²) in [4.78, 5) is 8.75. The van der Waals surface area contributed by atoms with Gasteiger partial charge in [-0.1, -0.05) is 6.42 Å². The number of hydrogen-bond acceptors (Lipinski definition) is 2. The van der Waals surface area contributed by atoms with Gasteiger partial charge in [0.2, 0.25) is 0 Å². The third kappa shape index (κ3) is 6.45. The zero-order valence-corrected chi connectivity index (χ0v) is 13.7. The van der Waals surface area contributed by atoms with Crippen LogP contribution in [0.2, 0.25) is 0 Å². The van der Waals surface area contributed by atoms with Crippen LogP contribution in [0.3, 0.4) is 0 Å². The number of piperidine rings is 1.